The van der Waals surface area contributed by atoms with Gasteiger partial charge in [0.1, 0.15) is 6.61 Å². The lowest BCUT2D eigenvalue weighted by Gasteiger charge is -2.15. The zero-order valence-corrected chi connectivity index (χ0v) is 24.7. The molecule has 1 heterocycles. The minimum absolute atomic E-state index is 0.0489. The number of amides is 1. The van der Waals surface area contributed by atoms with Crippen LogP contribution in [-0.4, -0.2) is 29.1 Å². The largest absolute Gasteiger partial charge is 0.490 e. The summed E-state index contributed by atoms with van der Waals surface area (Å²) in [4.78, 5) is 20.3. The summed E-state index contributed by atoms with van der Waals surface area (Å²) >= 11 is 9.65. The Morgan fingerprint density at radius 3 is 2.46 bits per heavy atom. The number of aliphatic imine (C=N–C) groups is 1. The fourth-order valence-corrected chi connectivity index (χ4v) is 5.64. The number of hydrogen-bond donors (Lipinski definition) is 0. The van der Waals surface area contributed by atoms with E-state index in [-0.39, 0.29) is 5.91 Å². The second-order valence-electron chi connectivity index (χ2n) is 8.48. The monoisotopic (exact) mass is 646 g/mol. The first-order valence-corrected chi connectivity index (χ1v) is 14.4. The molecule has 1 aliphatic rings. The van der Waals surface area contributed by atoms with E-state index in [0.29, 0.717) is 46.4 Å². The molecule has 1 saturated heterocycles. The highest BCUT2D eigenvalue weighted by Crippen LogP contribution is 2.38. The van der Waals surface area contributed by atoms with E-state index in [4.69, 9.17) is 26.1 Å². The lowest BCUT2D eigenvalue weighted by molar-refractivity contribution is -0.122. The van der Waals surface area contributed by atoms with Crippen LogP contribution in [0.2, 0.25) is 5.02 Å². The van der Waals surface area contributed by atoms with Gasteiger partial charge in [-0.3, -0.25) is 9.69 Å². The van der Waals surface area contributed by atoms with Crippen molar-refractivity contribution in [2.75, 3.05) is 13.2 Å². The molecular weight excluding hydrogens is 619 g/mol. The van der Waals surface area contributed by atoms with Gasteiger partial charge in [-0.1, -0.05) is 48.4 Å². The van der Waals surface area contributed by atoms with Crippen molar-refractivity contribution in [3.05, 3.63) is 90.9 Å². The topological polar surface area (TPSA) is 51.1 Å². The second kappa shape index (κ2) is 12.8. The van der Waals surface area contributed by atoms with Crippen molar-refractivity contribution < 1.29 is 14.3 Å². The Hall–Kier alpha value is -2.49. The highest BCUT2D eigenvalue weighted by molar-refractivity contribution is 14.1. The summed E-state index contributed by atoms with van der Waals surface area (Å²) in [5, 5.41) is 1.31. The molecule has 37 heavy (non-hydrogen) atoms. The van der Waals surface area contributed by atoms with Crippen LogP contribution in [0.25, 0.3) is 6.08 Å². The van der Waals surface area contributed by atoms with Crippen LogP contribution >= 0.6 is 46.0 Å². The molecule has 4 rings (SSSR count). The van der Waals surface area contributed by atoms with Crippen molar-refractivity contribution in [2.45, 2.75) is 33.8 Å². The molecule has 1 aliphatic heterocycles. The highest BCUT2D eigenvalue weighted by atomic mass is 127. The number of rotatable bonds is 9. The molecule has 0 aromatic heterocycles. The number of carbonyl (C=O) groups excluding carboxylic acids is 1. The highest BCUT2D eigenvalue weighted by Gasteiger charge is 2.33. The van der Waals surface area contributed by atoms with E-state index in [0.717, 1.165) is 26.8 Å². The van der Waals surface area contributed by atoms with Crippen LogP contribution in [0.4, 0.5) is 5.69 Å². The van der Waals surface area contributed by atoms with Crippen molar-refractivity contribution in [1.29, 1.82) is 0 Å². The summed E-state index contributed by atoms with van der Waals surface area (Å²) in [7, 11) is 0. The summed E-state index contributed by atoms with van der Waals surface area (Å²) in [5.41, 5.74) is 3.93. The predicted octanol–water partition coefficient (Wildman–Crippen LogP) is 8.24. The maximum Gasteiger partial charge on any atom is 0.266 e. The van der Waals surface area contributed by atoms with Crippen LogP contribution in [0.5, 0.6) is 11.5 Å². The number of amidine groups is 1. The van der Waals surface area contributed by atoms with Crippen LogP contribution in [-0.2, 0) is 11.4 Å². The average molecular weight is 647 g/mol. The van der Waals surface area contributed by atoms with Crippen molar-refractivity contribution >= 4 is 68.8 Å². The van der Waals surface area contributed by atoms with E-state index in [2.05, 4.69) is 53.8 Å². The summed E-state index contributed by atoms with van der Waals surface area (Å²) in [6.07, 6.45) is 2.73. The fourth-order valence-electron chi connectivity index (χ4n) is 3.70. The summed E-state index contributed by atoms with van der Waals surface area (Å²) in [5.74, 6) is 1.31. The number of halogens is 2. The SMILES string of the molecule is CCCN1C(=O)/C(=C/c2cc(I)c(OCc3ccc(C)cc3)c(OCC)c2)SC1=Nc1ccc(Cl)cc1. The van der Waals surface area contributed by atoms with Gasteiger partial charge < -0.3 is 9.47 Å². The molecule has 1 fully saturated rings. The molecule has 0 spiro atoms. The Morgan fingerprint density at radius 1 is 1.05 bits per heavy atom. The minimum atomic E-state index is -0.0489. The van der Waals surface area contributed by atoms with Gasteiger partial charge in [0.15, 0.2) is 16.7 Å². The molecule has 0 aliphatic carbocycles. The van der Waals surface area contributed by atoms with E-state index in [9.17, 15) is 4.79 Å². The van der Waals surface area contributed by atoms with Crippen molar-refractivity contribution in [2.24, 2.45) is 4.99 Å². The maximum absolute atomic E-state index is 13.3. The zero-order valence-electron chi connectivity index (χ0n) is 21.0. The minimum Gasteiger partial charge on any atom is -0.490 e. The normalized spacial score (nSPS) is 15.6. The van der Waals surface area contributed by atoms with Gasteiger partial charge in [0.05, 0.1) is 20.8 Å². The Labute approximate surface area is 241 Å². The van der Waals surface area contributed by atoms with Gasteiger partial charge in [-0.25, -0.2) is 4.99 Å². The third-order valence-corrected chi connectivity index (χ3v) is 7.58. The quantitative estimate of drug-likeness (QED) is 0.174. The molecule has 0 unspecified atom stereocenters. The average Bonchev–Trinajstić information content (AvgIpc) is 3.15. The van der Waals surface area contributed by atoms with Gasteiger partial charge in [0.2, 0.25) is 0 Å². The van der Waals surface area contributed by atoms with Crippen LogP contribution in [0.3, 0.4) is 0 Å². The lowest BCUT2D eigenvalue weighted by Crippen LogP contribution is -2.29. The summed E-state index contributed by atoms with van der Waals surface area (Å²) < 4.78 is 13.0. The molecule has 0 saturated carbocycles. The van der Waals surface area contributed by atoms with E-state index < -0.39 is 0 Å². The van der Waals surface area contributed by atoms with Crippen LogP contribution in [0.1, 0.15) is 37.0 Å². The Morgan fingerprint density at radius 2 is 1.78 bits per heavy atom. The summed E-state index contributed by atoms with van der Waals surface area (Å²) in [6, 6.07) is 19.5. The smallest absolute Gasteiger partial charge is 0.266 e. The molecule has 3 aromatic carbocycles. The predicted molar refractivity (Wildman–Crippen MR) is 162 cm³/mol. The molecule has 0 radical (unpaired) electrons. The van der Waals surface area contributed by atoms with E-state index in [1.54, 1.807) is 17.0 Å². The number of hydrogen-bond acceptors (Lipinski definition) is 5. The lowest BCUT2D eigenvalue weighted by atomic mass is 10.1. The molecule has 8 heteroatoms. The zero-order chi connectivity index (χ0) is 26.4. The van der Waals surface area contributed by atoms with E-state index in [1.165, 1.54) is 17.3 Å². The van der Waals surface area contributed by atoms with Crippen LogP contribution < -0.4 is 9.47 Å². The standard InChI is InChI=1S/C29H28ClIN2O3S/c1-4-14-33-28(34)26(37-29(33)32-23-12-10-22(30)11-13-23)17-21-15-24(31)27(25(16-21)35-5-2)36-18-20-8-6-19(3)7-9-20/h6-13,15-17H,4-5,14,18H2,1-3H3/b26-17-,32-29?. The first-order valence-electron chi connectivity index (χ1n) is 12.1. The van der Waals surface area contributed by atoms with Crippen molar-refractivity contribution in [3.8, 4) is 11.5 Å². The van der Waals surface area contributed by atoms with E-state index >= 15 is 0 Å². The van der Waals surface area contributed by atoms with Gasteiger partial charge >= 0.3 is 0 Å². The number of nitrogens with zero attached hydrogens (tertiary/aromatic N) is 2. The number of ether oxygens (including phenoxy) is 2. The number of benzene rings is 3. The Balaban J connectivity index is 1.61. The van der Waals surface area contributed by atoms with Crippen LogP contribution in [0.15, 0.2) is 70.6 Å². The maximum atomic E-state index is 13.3. The number of aryl methyl sites for hydroxylation is 1. The van der Waals surface area contributed by atoms with Gasteiger partial charge in [-0.15, -0.1) is 0 Å². The number of thioether (sulfide) groups is 1. The van der Waals surface area contributed by atoms with Crippen molar-refractivity contribution in [1.82, 2.24) is 4.90 Å². The van der Waals surface area contributed by atoms with Gasteiger partial charge in [0.25, 0.3) is 5.91 Å². The molecule has 1 amide bonds. The van der Waals surface area contributed by atoms with Gasteiger partial charge in [-0.05, 0) is 108 Å². The van der Waals surface area contributed by atoms with Crippen molar-refractivity contribution in [3.63, 3.8) is 0 Å². The first kappa shape index (κ1) is 27.5. The van der Waals surface area contributed by atoms with Crippen LogP contribution in [0, 0.1) is 10.5 Å². The Kier molecular flexibility index (Phi) is 9.56. The third kappa shape index (κ3) is 7.09. The second-order valence-corrected chi connectivity index (χ2v) is 11.1. The third-order valence-electron chi connectivity index (χ3n) is 5.52. The number of carbonyl (C=O) groups is 1. The molecule has 192 valence electrons. The summed E-state index contributed by atoms with van der Waals surface area (Å²) in [6.45, 7) is 7.61. The fraction of sp³-hybridized carbons (Fsp3) is 0.241. The molecule has 0 atom stereocenters. The van der Waals surface area contributed by atoms with E-state index in [1.807, 2.05) is 44.2 Å². The van der Waals surface area contributed by atoms with Gasteiger partial charge in [0, 0.05) is 11.6 Å². The molecule has 0 N–H and O–H groups in total. The molecule has 5 nitrogen and oxygen atoms in total. The Bertz CT molecular complexity index is 1320. The first-order chi connectivity index (χ1) is 17.9. The molecular formula is C29H28ClIN2O3S. The molecule has 3 aromatic rings. The van der Waals surface area contributed by atoms with Gasteiger partial charge in [-0.2, -0.15) is 0 Å². The molecule has 0 bridgehead atoms.